The van der Waals surface area contributed by atoms with Crippen molar-refractivity contribution in [2.24, 2.45) is 5.73 Å². The molecule has 0 aliphatic carbocycles. The second-order valence-electron chi connectivity index (χ2n) is 5.04. The van der Waals surface area contributed by atoms with Gasteiger partial charge in [-0.1, -0.05) is 12.1 Å². The van der Waals surface area contributed by atoms with Gasteiger partial charge in [0, 0.05) is 19.2 Å². The first kappa shape index (κ1) is 15.5. The molecule has 21 heavy (non-hydrogen) atoms. The van der Waals surface area contributed by atoms with Crippen LogP contribution < -0.4 is 10.6 Å². The summed E-state index contributed by atoms with van der Waals surface area (Å²) >= 11 is 0. The van der Waals surface area contributed by atoms with E-state index in [1.165, 1.54) is 7.11 Å². The second kappa shape index (κ2) is 6.69. The summed E-state index contributed by atoms with van der Waals surface area (Å²) in [4.78, 5) is 24.3. The molecule has 1 atom stereocenters. The Labute approximate surface area is 123 Å². The zero-order chi connectivity index (χ0) is 15.4. The van der Waals surface area contributed by atoms with E-state index in [1.807, 2.05) is 18.2 Å². The number of benzene rings is 1. The van der Waals surface area contributed by atoms with Gasteiger partial charge in [-0.25, -0.2) is 4.79 Å². The van der Waals surface area contributed by atoms with Crippen molar-refractivity contribution in [3.8, 4) is 0 Å². The molecule has 0 bridgehead atoms. The van der Waals surface area contributed by atoms with Gasteiger partial charge < -0.3 is 20.1 Å². The summed E-state index contributed by atoms with van der Waals surface area (Å²) in [6, 6.07) is 5.48. The van der Waals surface area contributed by atoms with Crippen molar-refractivity contribution in [1.82, 2.24) is 0 Å². The van der Waals surface area contributed by atoms with E-state index < -0.39 is 5.97 Å². The maximum atomic E-state index is 11.6. The van der Waals surface area contributed by atoms with E-state index in [4.69, 9.17) is 10.5 Å². The fourth-order valence-corrected chi connectivity index (χ4v) is 2.33. The van der Waals surface area contributed by atoms with Crippen LogP contribution in [-0.4, -0.2) is 39.2 Å². The number of anilines is 1. The zero-order valence-corrected chi connectivity index (χ0v) is 12.3. The van der Waals surface area contributed by atoms with E-state index in [-0.39, 0.29) is 25.2 Å². The highest BCUT2D eigenvalue weighted by Crippen LogP contribution is 2.29. The van der Waals surface area contributed by atoms with E-state index in [0.29, 0.717) is 6.42 Å². The van der Waals surface area contributed by atoms with E-state index >= 15 is 0 Å². The number of rotatable bonds is 5. The maximum Gasteiger partial charge on any atom is 0.331 e. The van der Waals surface area contributed by atoms with Crippen LogP contribution in [0, 0.1) is 0 Å². The fraction of sp³-hybridized carbons (Fsp3) is 0.467. The van der Waals surface area contributed by atoms with Gasteiger partial charge in [-0.2, -0.15) is 0 Å². The average molecular weight is 292 g/mol. The Kier molecular flexibility index (Phi) is 4.93. The molecule has 0 saturated carbocycles. The molecule has 1 aliphatic heterocycles. The minimum atomic E-state index is -0.423. The van der Waals surface area contributed by atoms with Crippen LogP contribution in [0.1, 0.15) is 23.6 Å². The summed E-state index contributed by atoms with van der Waals surface area (Å²) in [6.45, 7) is 0.134. The van der Waals surface area contributed by atoms with Gasteiger partial charge in [-0.15, -0.1) is 0 Å². The summed E-state index contributed by atoms with van der Waals surface area (Å²) < 4.78 is 9.71. The van der Waals surface area contributed by atoms with Gasteiger partial charge in [0.25, 0.3) is 0 Å². The Bertz CT molecular complexity index is 544. The predicted octanol–water partition coefficient (Wildman–Crippen LogP) is 0.785. The van der Waals surface area contributed by atoms with Crippen LogP contribution in [0.2, 0.25) is 0 Å². The summed E-state index contributed by atoms with van der Waals surface area (Å²) in [5, 5.41) is 0. The normalized spacial score (nSPS) is 15.6. The minimum absolute atomic E-state index is 0.105. The summed E-state index contributed by atoms with van der Waals surface area (Å²) in [5.41, 5.74) is 9.03. The van der Waals surface area contributed by atoms with Crippen LogP contribution >= 0.6 is 0 Å². The Morgan fingerprint density at radius 3 is 2.90 bits per heavy atom. The van der Waals surface area contributed by atoms with E-state index in [1.54, 1.807) is 11.9 Å². The molecule has 0 saturated heterocycles. The van der Waals surface area contributed by atoms with Gasteiger partial charge in [-0.05, 0) is 23.6 Å². The van der Waals surface area contributed by atoms with Crippen LogP contribution in [0.25, 0.3) is 0 Å². The Morgan fingerprint density at radius 2 is 2.19 bits per heavy atom. The molecule has 2 rings (SSSR count). The fourth-order valence-electron chi connectivity index (χ4n) is 2.33. The molecular formula is C15H20N2O4. The van der Waals surface area contributed by atoms with Crippen molar-refractivity contribution in [3.63, 3.8) is 0 Å². The molecule has 0 radical (unpaired) electrons. The van der Waals surface area contributed by atoms with Gasteiger partial charge in [0.1, 0.15) is 6.61 Å². The molecular weight excluding hydrogens is 272 g/mol. The molecule has 1 amide bonds. The summed E-state index contributed by atoms with van der Waals surface area (Å²) in [6.07, 6.45) is 1.24. The standard InChI is InChI=1S/C15H20N2O4/c1-17-13-5-3-10(7-11(13)4-6-14(17)18)12(16)8-21-9-15(19)20-2/h3,5,7,12H,4,6,8-9,16H2,1-2H3. The molecule has 0 aromatic heterocycles. The lowest BCUT2D eigenvalue weighted by atomic mass is 9.97. The Morgan fingerprint density at radius 1 is 1.43 bits per heavy atom. The highest BCUT2D eigenvalue weighted by molar-refractivity contribution is 5.95. The highest BCUT2D eigenvalue weighted by atomic mass is 16.6. The van der Waals surface area contributed by atoms with Crippen LogP contribution in [0.3, 0.4) is 0 Å². The smallest absolute Gasteiger partial charge is 0.331 e. The topological polar surface area (TPSA) is 81.9 Å². The first-order chi connectivity index (χ1) is 10.0. The monoisotopic (exact) mass is 292 g/mol. The van der Waals surface area contributed by atoms with Crippen molar-refractivity contribution in [1.29, 1.82) is 0 Å². The number of fused-ring (bicyclic) bond motifs is 1. The third-order valence-electron chi connectivity index (χ3n) is 3.62. The van der Waals surface area contributed by atoms with Crippen molar-refractivity contribution >= 4 is 17.6 Å². The van der Waals surface area contributed by atoms with Gasteiger partial charge in [-0.3, -0.25) is 4.79 Å². The lowest BCUT2D eigenvalue weighted by Crippen LogP contribution is -2.31. The molecule has 6 nitrogen and oxygen atoms in total. The zero-order valence-electron chi connectivity index (χ0n) is 12.3. The summed E-state index contributed by atoms with van der Waals surface area (Å²) in [5.74, 6) is -0.297. The molecule has 1 unspecified atom stereocenters. The van der Waals surface area contributed by atoms with Crippen molar-refractivity contribution < 1.29 is 19.1 Å². The first-order valence-electron chi connectivity index (χ1n) is 6.82. The van der Waals surface area contributed by atoms with Crippen molar-refractivity contribution in [2.75, 3.05) is 32.3 Å². The second-order valence-corrected chi connectivity index (χ2v) is 5.04. The van der Waals surface area contributed by atoms with Crippen LogP contribution in [0.5, 0.6) is 0 Å². The molecule has 114 valence electrons. The first-order valence-corrected chi connectivity index (χ1v) is 6.82. The van der Waals surface area contributed by atoms with E-state index in [0.717, 1.165) is 23.2 Å². The van der Waals surface area contributed by atoms with E-state index in [2.05, 4.69) is 4.74 Å². The molecule has 1 aromatic carbocycles. The number of nitrogens with two attached hydrogens (primary N) is 1. The Hall–Kier alpha value is -1.92. The number of carbonyl (C=O) groups is 2. The van der Waals surface area contributed by atoms with Gasteiger partial charge in [0.15, 0.2) is 0 Å². The molecule has 1 heterocycles. The third-order valence-corrected chi connectivity index (χ3v) is 3.62. The lowest BCUT2D eigenvalue weighted by molar-refractivity contribution is -0.146. The highest BCUT2D eigenvalue weighted by Gasteiger charge is 2.21. The maximum absolute atomic E-state index is 11.6. The van der Waals surface area contributed by atoms with E-state index in [9.17, 15) is 9.59 Å². The molecule has 1 aromatic rings. The molecule has 2 N–H and O–H groups in total. The number of nitrogens with zero attached hydrogens (tertiary/aromatic N) is 1. The number of methoxy groups -OCH3 is 1. The number of ether oxygens (including phenoxy) is 2. The SMILES string of the molecule is COC(=O)COCC(N)c1ccc2c(c1)CCC(=O)N2C. The molecule has 0 spiro atoms. The number of amides is 1. The number of carbonyl (C=O) groups excluding carboxylic acids is 2. The van der Waals surface area contributed by atoms with Gasteiger partial charge >= 0.3 is 5.97 Å². The summed E-state index contributed by atoms with van der Waals surface area (Å²) in [7, 11) is 3.09. The number of aryl methyl sites for hydroxylation is 1. The van der Waals surface area contributed by atoms with Gasteiger partial charge in [0.2, 0.25) is 5.91 Å². The molecule has 0 fully saturated rings. The number of esters is 1. The molecule has 1 aliphatic rings. The minimum Gasteiger partial charge on any atom is -0.467 e. The average Bonchev–Trinajstić information content (AvgIpc) is 2.50. The van der Waals surface area contributed by atoms with Crippen molar-refractivity contribution in [2.45, 2.75) is 18.9 Å². The Balaban J connectivity index is 2.01. The largest absolute Gasteiger partial charge is 0.467 e. The van der Waals surface area contributed by atoms with Crippen LogP contribution in [-0.2, 0) is 25.5 Å². The quantitative estimate of drug-likeness (QED) is 0.811. The van der Waals surface area contributed by atoms with Gasteiger partial charge in [0.05, 0.1) is 19.8 Å². The van der Waals surface area contributed by atoms with Crippen molar-refractivity contribution in [3.05, 3.63) is 29.3 Å². The third kappa shape index (κ3) is 3.59. The van der Waals surface area contributed by atoms with Crippen LogP contribution in [0.4, 0.5) is 5.69 Å². The predicted molar refractivity (Wildman–Crippen MR) is 77.9 cm³/mol. The lowest BCUT2D eigenvalue weighted by Gasteiger charge is -2.26. The number of hydrogen-bond acceptors (Lipinski definition) is 5. The number of hydrogen-bond donors (Lipinski definition) is 1. The molecule has 6 heteroatoms. The van der Waals surface area contributed by atoms with Crippen LogP contribution in [0.15, 0.2) is 18.2 Å².